The Kier molecular flexibility index (Phi) is 6.46. The Labute approximate surface area is 182 Å². The quantitative estimate of drug-likeness (QED) is 0.664. The first-order valence-electron chi connectivity index (χ1n) is 10.9. The van der Waals surface area contributed by atoms with Gasteiger partial charge in [0, 0.05) is 51.1 Å². The molecule has 0 N–H and O–H groups in total. The Hall–Kier alpha value is -3.00. The number of aromatic nitrogens is 2. The number of methoxy groups -OCH3 is 1. The van der Waals surface area contributed by atoms with E-state index in [1.54, 1.807) is 16.0 Å². The van der Waals surface area contributed by atoms with Gasteiger partial charge in [0.2, 0.25) is 0 Å². The Balaban J connectivity index is 1.44. The molecular weight excluding hydrogens is 394 g/mol. The van der Waals surface area contributed by atoms with E-state index < -0.39 is 0 Å². The van der Waals surface area contributed by atoms with Gasteiger partial charge in [0.25, 0.3) is 0 Å². The van der Waals surface area contributed by atoms with Gasteiger partial charge in [-0.15, -0.1) is 0 Å². The van der Waals surface area contributed by atoms with Crippen LogP contribution in [0.4, 0.5) is 16.3 Å². The van der Waals surface area contributed by atoms with Crippen molar-refractivity contribution in [1.82, 2.24) is 14.9 Å². The lowest BCUT2D eigenvalue weighted by Gasteiger charge is -2.19. The first-order valence-corrected chi connectivity index (χ1v) is 10.9. The molecule has 0 saturated carbocycles. The molecule has 2 aromatic rings. The van der Waals surface area contributed by atoms with Crippen molar-refractivity contribution in [3.63, 3.8) is 0 Å². The molecule has 2 aliphatic rings. The van der Waals surface area contributed by atoms with Crippen molar-refractivity contribution in [2.24, 2.45) is 0 Å². The van der Waals surface area contributed by atoms with Crippen molar-refractivity contribution in [3.8, 4) is 0 Å². The first kappa shape index (κ1) is 21.2. The van der Waals surface area contributed by atoms with Crippen LogP contribution in [0.5, 0.6) is 0 Å². The minimum atomic E-state index is -0.223. The van der Waals surface area contributed by atoms with E-state index in [9.17, 15) is 9.59 Å². The van der Waals surface area contributed by atoms with Crippen molar-refractivity contribution in [2.45, 2.75) is 32.6 Å². The van der Waals surface area contributed by atoms with Crippen molar-refractivity contribution < 1.29 is 14.3 Å². The zero-order chi connectivity index (χ0) is 21.8. The molecule has 0 unspecified atom stereocenters. The predicted octanol–water partition coefficient (Wildman–Crippen LogP) is 2.45. The van der Waals surface area contributed by atoms with Gasteiger partial charge in [-0.3, -0.25) is 19.6 Å². The fraction of sp³-hybridized carbons (Fsp3) is 0.478. The van der Waals surface area contributed by atoms with Crippen LogP contribution in [0.3, 0.4) is 0 Å². The van der Waals surface area contributed by atoms with Gasteiger partial charge in [-0.2, -0.15) is 0 Å². The standard InChI is InChI=1S/C23H29N5O3/c1-3-26-12-10-19-20(11-13-26)25-21(16-24-19)28-15-14-27(23(28)30)18-7-4-17(5-8-18)6-9-22(29)31-2/h4-5,7-8,16H,3,6,9-15H2,1-2H3. The molecule has 164 valence electrons. The zero-order valence-electron chi connectivity index (χ0n) is 18.2. The van der Waals surface area contributed by atoms with Crippen LogP contribution >= 0.6 is 0 Å². The van der Waals surface area contributed by atoms with Gasteiger partial charge < -0.3 is 9.64 Å². The molecule has 0 spiro atoms. The van der Waals surface area contributed by atoms with Crippen LogP contribution in [0.1, 0.15) is 30.3 Å². The summed E-state index contributed by atoms with van der Waals surface area (Å²) in [7, 11) is 1.39. The Morgan fingerprint density at radius 2 is 1.74 bits per heavy atom. The highest BCUT2D eigenvalue weighted by Crippen LogP contribution is 2.25. The predicted molar refractivity (Wildman–Crippen MR) is 118 cm³/mol. The molecule has 2 aliphatic heterocycles. The lowest BCUT2D eigenvalue weighted by atomic mass is 10.1. The van der Waals surface area contributed by atoms with Crippen molar-refractivity contribution in [1.29, 1.82) is 0 Å². The number of urea groups is 1. The van der Waals surface area contributed by atoms with Crippen LogP contribution in [-0.4, -0.2) is 66.7 Å². The number of hydrogen-bond donors (Lipinski definition) is 0. The number of carbonyl (C=O) groups excluding carboxylic acids is 2. The maximum atomic E-state index is 13.1. The summed E-state index contributed by atoms with van der Waals surface area (Å²) in [5.74, 6) is 0.407. The minimum Gasteiger partial charge on any atom is -0.469 e. The SMILES string of the molecule is CCN1CCc2ncc(N3CCN(c4ccc(CCC(=O)OC)cc4)C3=O)nc2CC1. The fourth-order valence-corrected chi connectivity index (χ4v) is 4.12. The third-order valence-corrected chi connectivity index (χ3v) is 6.07. The molecule has 1 fully saturated rings. The van der Waals surface area contributed by atoms with E-state index in [4.69, 9.17) is 4.98 Å². The van der Waals surface area contributed by atoms with E-state index in [0.717, 1.165) is 55.1 Å². The first-order chi connectivity index (χ1) is 15.1. The minimum absolute atomic E-state index is 0.0830. The van der Waals surface area contributed by atoms with E-state index in [-0.39, 0.29) is 12.0 Å². The topological polar surface area (TPSA) is 78.9 Å². The molecule has 0 bridgehead atoms. The van der Waals surface area contributed by atoms with Crippen LogP contribution in [0.2, 0.25) is 0 Å². The number of aryl methyl sites for hydroxylation is 1. The van der Waals surface area contributed by atoms with Crippen LogP contribution in [0, 0.1) is 0 Å². The van der Waals surface area contributed by atoms with Gasteiger partial charge in [0.05, 0.1) is 24.7 Å². The van der Waals surface area contributed by atoms with Gasteiger partial charge in [-0.05, 0) is 30.7 Å². The Morgan fingerprint density at radius 1 is 1.03 bits per heavy atom. The lowest BCUT2D eigenvalue weighted by molar-refractivity contribution is -0.140. The maximum absolute atomic E-state index is 13.1. The number of carbonyl (C=O) groups is 2. The highest BCUT2D eigenvalue weighted by Gasteiger charge is 2.32. The van der Waals surface area contributed by atoms with Crippen LogP contribution < -0.4 is 9.80 Å². The summed E-state index contributed by atoms with van der Waals surface area (Å²) in [6.45, 7) is 6.36. The number of fused-ring (bicyclic) bond motifs is 1. The molecule has 4 rings (SSSR count). The molecule has 0 atom stereocenters. The van der Waals surface area contributed by atoms with Gasteiger partial charge in [-0.1, -0.05) is 19.1 Å². The van der Waals surface area contributed by atoms with Crippen LogP contribution in [-0.2, 0) is 28.8 Å². The number of likely N-dealkylation sites (N-methyl/N-ethyl adjacent to an activating group) is 1. The van der Waals surface area contributed by atoms with E-state index in [0.29, 0.717) is 31.7 Å². The average molecular weight is 424 g/mol. The van der Waals surface area contributed by atoms with E-state index >= 15 is 0 Å². The van der Waals surface area contributed by atoms with Crippen LogP contribution in [0.25, 0.3) is 0 Å². The van der Waals surface area contributed by atoms with Crippen LogP contribution in [0.15, 0.2) is 30.5 Å². The third kappa shape index (κ3) is 4.69. The number of nitrogens with zero attached hydrogens (tertiary/aromatic N) is 5. The number of benzene rings is 1. The highest BCUT2D eigenvalue weighted by molar-refractivity contribution is 6.05. The fourth-order valence-electron chi connectivity index (χ4n) is 4.12. The summed E-state index contributed by atoms with van der Waals surface area (Å²) < 4.78 is 4.69. The van der Waals surface area contributed by atoms with Gasteiger partial charge in [-0.25, -0.2) is 9.78 Å². The zero-order valence-corrected chi connectivity index (χ0v) is 18.2. The van der Waals surface area contributed by atoms with E-state index in [1.807, 2.05) is 24.3 Å². The largest absolute Gasteiger partial charge is 0.469 e. The van der Waals surface area contributed by atoms with Gasteiger partial charge in [0.1, 0.15) is 0 Å². The molecule has 0 radical (unpaired) electrons. The average Bonchev–Trinajstić information content (AvgIpc) is 3.06. The number of esters is 1. The monoisotopic (exact) mass is 423 g/mol. The normalized spacial score (nSPS) is 16.9. The summed E-state index contributed by atoms with van der Waals surface area (Å²) in [6, 6.07) is 7.68. The summed E-state index contributed by atoms with van der Waals surface area (Å²) >= 11 is 0. The second-order valence-corrected chi connectivity index (χ2v) is 7.88. The summed E-state index contributed by atoms with van der Waals surface area (Å²) in [5, 5.41) is 0. The second kappa shape index (κ2) is 9.43. The smallest absolute Gasteiger partial charge is 0.330 e. The summed E-state index contributed by atoms with van der Waals surface area (Å²) in [6.07, 6.45) is 4.46. The number of rotatable bonds is 6. The second-order valence-electron chi connectivity index (χ2n) is 7.88. The molecule has 1 aromatic carbocycles. The molecule has 1 saturated heterocycles. The number of anilines is 2. The molecule has 8 nitrogen and oxygen atoms in total. The van der Waals surface area contributed by atoms with E-state index in [1.165, 1.54) is 7.11 Å². The van der Waals surface area contributed by atoms with Crippen molar-refractivity contribution in [2.75, 3.05) is 49.6 Å². The van der Waals surface area contributed by atoms with E-state index in [2.05, 4.69) is 21.5 Å². The molecule has 31 heavy (non-hydrogen) atoms. The van der Waals surface area contributed by atoms with Gasteiger partial charge in [0.15, 0.2) is 5.82 Å². The molecule has 0 aliphatic carbocycles. The van der Waals surface area contributed by atoms with Crippen molar-refractivity contribution in [3.05, 3.63) is 47.4 Å². The molecule has 2 amide bonds. The molecular formula is C23H29N5O3. The van der Waals surface area contributed by atoms with Crippen molar-refractivity contribution >= 4 is 23.5 Å². The third-order valence-electron chi connectivity index (χ3n) is 6.07. The maximum Gasteiger partial charge on any atom is 0.330 e. The number of hydrogen-bond acceptors (Lipinski definition) is 6. The Bertz CT molecular complexity index is 947. The Morgan fingerprint density at radius 3 is 2.45 bits per heavy atom. The van der Waals surface area contributed by atoms with Gasteiger partial charge >= 0.3 is 12.0 Å². The number of ether oxygens (including phenoxy) is 1. The molecule has 1 aromatic heterocycles. The molecule has 3 heterocycles. The lowest BCUT2D eigenvalue weighted by Crippen LogP contribution is -2.32. The summed E-state index contributed by atoms with van der Waals surface area (Å²) in [4.78, 5) is 39.7. The highest BCUT2D eigenvalue weighted by atomic mass is 16.5. The summed E-state index contributed by atoms with van der Waals surface area (Å²) in [5.41, 5.74) is 3.94. The number of amides is 2. The molecule has 8 heteroatoms.